The van der Waals surface area contributed by atoms with Gasteiger partial charge >= 0.3 is 12.4 Å². The molecule has 0 saturated heterocycles. The smallest absolute Gasteiger partial charge is 0.404 e. The first-order valence-corrected chi connectivity index (χ1v) is 50.2. The van der Waals surface area contributed by atoms with Crippen LogP contribution in [0.4, 0.5) is 45.2 Å². The van der Waals surface area contributed by atoms with E-state index < -0.39 is 104 Å². The molecule has 10 aromatic heterocycles. The summed E-state index contributed by atoms with van der Waals surface area (Å²) in [7, 11) is -3.90. The highest BCUT2D eigenvalue weighted by Crippen LogP contribution is 2.58. The van der Waals surface area contributed by atoms with Crippen molar-refractivity contribution in [3.63, 3.8) is 0 Å². The van der Waals surface area contributed by atoms with Gasteiger partial charge in [0, 0.05) is 110 Å². The van der Waals surface area contributed by atoms with Gasteiger partial charge in [-0.25, -0.2) is 63.6 Å². The van der Waals surface area contributed by atoms with E-state index in [1.54, 1.807) is 95.3 Å². The lowest BCUT2D eigenvalue weighted by molar-refractivity contribution is -0.138. The number of fused-ring (bicyclic) bond motifs is 5. The number of thiazole rings is 1. The average Bonchev–Trinajstić information content (AvgIpc) is 1.18. The first-order chi connectivity index (χ1) is 64.3. The molecule has 39 heteroatoms. The predicted octanol–water partition coefficient (Wildman–Crippen LogP) is 16.5. The molecule has 3 unspecified atom stereocenters. The fourth-order valence-electron chi connectivity index (χ4n) is 20.1. The molecule has 712 valence electrons. The molecule has 0 radical (unpaired) electrons. The average molecular weight is 1940 g/mol. The number of ketones is 3. The van der Waals surface area contributed by atoms with Gasteiger partial charge in [-0.3, -0.25) is 38.5 Å². The summed E-state index contributed by atoms with van der Waals surface area (Å²) in [6.07, 6.45) is 23.2. The van der Waals surface area contributed by atoms with Crippen LogP contribution in [-0.4, -0.2) is 171 Å². The van der Waals surface area contributed by atoms with Crippen molar-refractivity contribution in [1.29, 1.82) is 0 Å². The minimum atomic E-state index is -4.69. The Kier molecular flexibility index (Phi) is 25.4. The van der Waals surface area contributed by atoms with Gasteiger partial charge in [-0.1, -0.05) is 37.5 Å². The molecule has 8 aliphatic rings. The van der Waals surface area contributed by atoms with Gasteiger partial charge in [0.25, 0.3) is 0 Å². The molecule has 11 aromatic rings. The number of carbonyl (C=O) groups is 3. The number of aromatic nitrogens is 14. The maximum absolute atomic E-state index is 14.8. The number of benzene rings is 1. The minimum Gasteiger partial charge on any atom is -0.404 e. The first kappa shape index (κ1) is 95.7. The largest absolute Gasteiger partial charge is 0.416 e. The second-order valence-corrected chi connectivity index (χ2v) is 45.0. The van der Waals surface area contributed by atoms with Crippen LogP contribution in [0.15, 0.2) is 218 Å². The molecule has 10 heterocycles. The highest BCUT2D eigenvalue weighted by Gasteiger charge is 2.58. The van der Waals surface area contributed by atoms with Crippen LogP contribution in [0, 0.1) is 33.8 Å². The zero-order chi connectivity index (χ0) is 97.1. The summed E-state index contributed by atoms with van der Waals surface area (Å²) >= 11 is 1.45. The first-order valence-electron chi connectivity index (χ1n) is 44.3. The van der Waals surface area contributed by atoms with Crippen molar-refractivity contribution in [2.75, 3.05) is 0 Å². The van der Waals surface area contributed by atoms with E-state index in [2.05, 4.69) is 89.8 Å². The molecule has 0 spiro atoms. The van der Waals surface area contributed by atoms with Gasteiger partial charge < -0.3 is 10.3 Å². The summed E-state index contributed by atoms with van der Waals surface area (Å²) in [6, 6.07) is 16.0. The zero-order valence-electron chi connectivity index (χ0n) is 75.7. The number of aryl methyl sites for hydroxylation is 3. The second kappa shape index (κ2) is 36.2. The van der Waals surface area contributed by atoms with E-state index >= 15 is 0 Å². The Morgan fingerprint density at radius 1 is 0.537 bits per heavy atom. The van der Waals surface area contributed by atoms with Gasteiger partial charge in [0.05, 0.1) is 132 Å². The van der Waals surface area contributed by atoms with E-state index in [9.17, 15) is 71.3 Å². The van der Waals surface area contributed by atoms with Crippen molar-refractivity contribution in [1.82, 2.24) is 81.5 Å². The zero-order valence-corrected chi connectivity index (χ0v) is 79.0. The number of aliphatic imine (C=N–C) groups is 1. The molecule has 1 aromatic carbocycles. The quantitative estimate of drug-likeness (QED) is 0.0302. The van der Waals surface area contributed by atoms with Gasteiger partial charge in [-0.15, -0.1) is 11.3 Å². The Labute approximate surface area is 784 Å². The topological polar surface area (TPSA) is 308 Å². The van der Waals surface area contributed by atoms with Crippen LogP contribution in [0.25, 0.3) is 23.7 Å². The standard InChI is InChI=1S/C34H33F4N5O3S.C32H38FN7O2S2.C31H29F4N7O2S/c1-42-20-25(6-12-31(42)44)41-29-15-22-3-7-27(43(26-8-9-26)47(2,46)28-10-4-24(35)5-11-28)18-33(22,17-21(29)19-39)32(45)30-16-23(13-14-40-30)34(36,37)38;1-20(2)40(44(7,42)25-17-36-38(6)19-25)23-9-8-22-12-26-21(15-37-39(26)24-10-11-28(33)34-16-24)13-32(22,14-23)29(41)30-35-18-27(43-30)31(3,4)5;1-40-18-25(17-38-40)45(2,44)42(23-6-7-23)24-5-3-20-12-27-19(15-39-41(27)28-8-4-22(32)16-37-28)13-30(20,14-24)29(43)26-11-21(9-10-36-26)31(33,34)35/h4-6,10-16,19-20,26-27H,2-3,7-9,17-18,39H2,1H3;10-12,15-20,23H,7-9,13-14H2,1-6H3;4,8-12,15-18,23-24H,2-3,5-7,13-14H2,1H3/t27-,33-,47?;23-,32-,44?;24-,30-,45?/m000/s1. The van der Waals surface area contributed by atoms with Crippen molar-refractivity contribution >= 4 is 99.0 Å². The fourth-order valence-corrected chi connectivity index (χ4v) is 27.5. The Balaban J connectivity index is 0.000000142. The van der Waals surface area contributed by atoms with E-state index in [1.807, 2.05) is 39.0 Å². The van der Waals surface area contributed by atoms with E-state index in [0.29, 0.717) is 116 Å². The second-order valence-electron chi connectivity index (χ2n) is 37.4. The van der Waals surface area contributed by atoms with Gasteiger partial charge in [-0.2, -0.15) is 51.1 Å². The molecule has 19 rings (SSSR count). The highest BCUT2D eigenvalue weighted by molar-refractivity contribution is 7.98. The predicted molar refractivity (Wildman–Crippen MR) is 502 cm³/mol. The van der Waals surface area contributed by atoms with Crippen molar-refractivity contribution in [3.8, 4) is 11.5 Å². The summed E-state index contributed by atoms with van der Waals surface area (Å²) in [5, 5.41) is 18.0. The highest BCUT2D eigenvalue weighted by atomic mass is 32.2. The maximum Gasteiger partial charge on any atom is 0.416 e. The number of nitrogens with zero attached hydrogens (tertiary/aromatic N) is 18. The normalized spacial score (nSPS) is 23.0. The molecule has 0 aliphatic heterocycles. The van der Waals surface area contributed by atoms with Crippen LogP contribution in [-0.2, 0) is 80.9 Å². The molecule has 9 atom stereocenters. The molecule has 5 fully saturated rings. The summed E-state index contributed by atoms with van der Waals surface area (Å²) < 4.78 is 180. The van der Waals surface area contributed by atoms with Gasteiger partial charge in [0.2, 0.25) is 17.3 Å². The summed E-state index contributed by atoms with van der Waals surface area (Å²) in [5.41, 5.74) is 7.23. The van der Waals surface area contributed by atoms with Gasteiger partial charge in [0.15, 0.2) is 22.4 Å². The number of halogens is 9. The number of allylic oxidation sites excluding steroid dienone is 5. The minimum absolute atomic E-state index is 0.00368. The molecule has 8 aliphatic carbocycles. The van der Waals surface area contributed by atoms with Crippen molar-refractivity contribution in [3.05, 3.63) is 277 Å². The van der Waals surface area contributed by atoms with Gasteiger partial charge in [-0.05, 0) is 260 Å². The molecular formula is C97H100F9N19O7S4. The van der Waals surface area contributed by atoms with E-state index in [1.165, 1.54) is 83.0 Å². The molecule has 26 nitrogen and oxygen atoms in total. The Morgan fingerprint density at radius 3 is 1.53 bits per heavy atom. The van der Waals surface area contributed by atoms with E-state index in [0.717, 1.165) is 95.8 Å². The van der Waals surface area contributed by atoms with Crippen LogP contribution >= 0.6 is 11.3 Å². The van der Waals surface area contributed by atoms with Crippen molar-refractivity contribution in [2.45, 2.75) is 206 Å². The molecular weight excluding hydrogens is 1840 g/mol. The summed E-state index contributed by atoms with van der Waals surface area (Å²) in [6.45, 7) is 10.4. The Bertz CT molecular complexity index is 7140. The Morgan fingerprint density at radius 2 is 1.04 bits per heavy atom. The molecule has 136 heavy (non-hydrogen) atoms. The number of pyridine rings is 5. The number of Topliss-reactive ketones (excluding diaryl/α,β-unsaturated/α-hetero) is 3. The van der Waals surface area contributed by atoms with E-state index in [-0.39, 0.29) is 84.0 Å². The molecule has 0 amide bonds. The third-order valence-corrected chi connectivity index (χ3v) is 35.1. The molecule has 5 saturated carbocycles. The van der Waals surface area contributed by atoms with Crippen molar-refractivity contribution in [2.24, 2.45) is 48.1 Å². The number of nitrogens with two attached hydrogens (primary N) is 1. The number of hydrogen-bond donors (Lipinski definition) is 1. The third kappa shape index (κ3) is 18.5. The Hall–Kier alpha value is -12.0. The van der Waals surface area contributed by atoms with Crippen molar-refractivity contribution < 1.29 is 66.5 Å². The van der Waals surface area contributed by atoms with Crippen LogP contribution < -0.4 is 11.3 Å². The SMILES string of the molecule is C=S(=O)(c1ccc(F)cc1)N(C1CC1)[C@H]1CCC2=CC(=Nc3ccc(=O)n(C)c3)C(=CN)C[C@]2(C(=O)c2cc(C(F)(F)F)ccn2)C1.C=S(=O)(c1cnn(C)c1)N(C(C)C)[C@H]1CCC2=Cc3c(cnn3-c3ccc(F)nc3)C[C@]2(C(=O)c2ncc(C(C)(C)C)s2)C1.C=S(=O)(c1cnn(C)c1)N(C1CC1)[C@H]1CCC2=Cc3c(cnn3-c3ccc(F)cn3)C[C@]2(C(=O)c2cc(C(F)(F)F)ccn2)C1. The van der Waals surface area contributed by atoms with E-state index in [4.69, 9.17) is 10.7 Å². The maximum atomic E-state index is 14.8. The molecule has 2 N–H and O–H groups in total. The number of hydrogen-bond acceptors (Lipinski definition) is 19. The fraction of sp³-hybridized carbons (Fsp3) is 0.371. The lowest BCUT2D eigenvalue weighted by Crippen LogP contribution is -2.52. The molecule has 0 bridgehead atoms. The van der Waals surface area contributed by atoms with Crippen LogP contribution in [0.5, 0.6) is 0 Å². The number of carbonyl (C=O) groups excluding carboxylic acids is 3. The summed E-state index contributed by atoms with van der Waals surface area (Å²) in [4.78, 5) is 83.8. The number of rotatable bonds is 21. The van der Waals surface area contributed by atoms with Crippen LogP contribution in [0.3, 0.4) is 0 Å². The number of alkyl halides is 6. The van der Waals surface area contributed by atoms with Crippen LogP contribution in [0.2, 0.25) is 0 Å². The lowest BCUT2D eigenvalue weighted by atomic mass is 9.59. The summed E-state index contributed by atoms with van der Waals surface area (Å²) in [5.74, 6) is 10.2. The van der Waals surface area contributed by atoms with Gasteiger partial charge in [0.1, 0.15) is 23.0 Å². The monoisotopic (exact) mass is 1940 g/mol. The third-order valence-electron chi connectivity index (χ3n) is 26.8. The lowest BCUT2D eigenvalue weighted by Gasteiger charge is -2.48. The van der Waals surface area contributed by atoms with Crippen LogP contribution in [0.1, 0.15) is 194 Å².